The van der Waals surface area contributed by atoms with Crippen LogP contribution in [-0.4, -0.2) is 31.3 Å². The molecule has 1 aliphatic rings. The number of carbonyl (C=O) groups is 1. The molecule has 1 aliphatic heterocycles. The molecular weight excluding hydrogens is 162 g/mol. The van der Waals surface area contributed by atoms with Crippen LogP contribution in [0.3, 0.4) is 0 Å². The molecule has 0 aromatic heterocycles. The van der Waals surface area contributed by atoms with Gasteiger partial charge in [-0.25, -0.2) is 0 Å². The van der Waals surface area contributed by atoms with Crippen LogP contribution in [0.15, 0.2) is 0 Å². The SMILES string of the molecule is CCC.CN1CCC(CC=O)CC1. The molecule has 0 aliphatic carbocycles. The Morgan fingerprint density at radius 2 is 1.77 bits per heavy atom. The highest BCUT2D eigenvalue weighted by atomic mass is 16.1. The van der Waals surface area contributed by atoms with Crippen molar-refractivity contribution in [1.82, 2.24) is 4.90 Å². The Morgan fingerprint density at radius 3 is 2.15 bits per heavy atom. The molecule has 0 unspecified atom stereocenters. The van der Waals surface area contributed by atoms with E-state index >= 15 is 0 Å². The van der Waals surface area contributed by atoms with Crippen molar-refractivity contribution in [2.24, 2.45) is 5.92 Å². The highest BCUT2D eigenvalue weighted by Gasteiger charge is 2.15. The zero-order chi connectivity index (χ0) is 10.1. The Morgan fingerprint density at radius 1 is 1.31 bits per heavy atom. The van der Waals surface area contributed by atoms with Crippen molar-refractivity contribution >= 4 is 6.29 Å². The van der Waals surface area contributed by atoms with Crippen LogP contribution >= 0.6 is 0 Å². The second-order valence-electron chi connectivity index (χ2n) is 3.86. The summed E-state index contributed by atoms with van der Waals surface area (Å²) in [6.45, 7) is 6.58. The van der Waals surface area contributed by atoms with Gasteiger partial charge in [-0.15, -0.1) is 0 Å². The first-order valence-corrected chi connectivity index (χ1v) is 5.36. The van der Waals surface area contributed by atoms with E-state index in [-0.39, 0.29) is 0 Å². The lowest BCUT2D eigenvalue weighted by Gasteiger charge is -2.27. The van der Waals surface area contributed by atoms with E-state index in [9.17, 15) is 4.79 Å². The maximum Gasteiger partial charge on any atom is 0.120 e. The summed E-state index contributed by atoms with van der Waals surface area (Å²) in [5.41, 5.74) is 0. The monoisotopic (exact) mass is 185 g/mol. The molecule has 0 radical (unpaired) electrons. The predicted octanol–water partition coefficient (Wildman–Crippen LogP) is 2.33. The molecule has 1 fully saturated rings. The van der Waals surface area contributed by atoms with Crippen molar-refractivity contribution in [2.45, 2.75) is 39.5 Å². The summed E-state index contributed by atoms with van der Waals surface area (Å²) in [6.07, 6.45) is 5.48. The molecule has 78 valence electrons. The predicted molar refractivity (Wildman–Crippen MR) is 56.9 cm³/mol. The van der Waals surface area contributed by atoms with E-state index in [2.05, 4.69) is 25.8 Å². The average molecular weight is 185 g/mol. The minimum atomic E-state index is 0.675. The van der Waals surface area contributed by atoms with Crippen LogP contribution in [0.2, 0.25) is 0 Å². The lowest BCUT2D eigenvalue weighted by atomic mass is 9.95. The van der Waals surface area contributed by atoms with Gasteiger partial charge in [0.25, 0.3) is 0 Å². The second kappa shape index (κ2) is 8.24. The van der Waals surface area contributed by atoms with Crippen LogP contribution in [0.25, 0.3) is 0 Å². The summed E-state index contributed by atoms with van der Waals surface area (Å²) < 4.78 is 0. The van der Waals surface area contributed by atoms with Gasteiger partial charge in [0.15, 0.2) is 0 Å². The first kappa shape index (κ1) is 12.6. The van der Waals surface area contributed by atoms with Gasteiger partial charge in [-0.2, -0.15) is 0 Å². The molecule has 2 heteroatoms. The van der Waals surface area contributed by atoms with Gasteiger partial charge in [-0.1, -0.05) is 20.3 Å². The molecule has 0 aromatic carbocycles. The van der Waals surface area contributed by atoms with E-state index in [1.54, 1.807) is 0 Å². The van der Waals surface area contributed by atoms with E-state index in [0.717, 1.165) is 12.7 Å². The van der Waals surface area contributed by atoms with E-state index < -0.39 is 0 Å². The first-order chi connectivity index (χ1) is 6.24. The maximum absolute atomic E-state index is 10.1. The highest BCUT2D eigenvalue weighted by Crippen LogP contribution is 2.17. The molecule has 1 saturated heterocycles. The van der Waals surface area contributed by atoms with E-state index in [0.29, 0.717) is 5.92 Å². The fourth-order valence-electron chi connectivity index (χ4n) is 1.43. The maximum atomic E-state index is 10.1. The van der Waals surface area contributed by atoms with Crippen LogP contribution in [0, 0.1) is 5.92 Å². The number of carbonyl (C=O) groups excluding carboxylic acids is 1. The topological polar surface area (TPSA) is 20.3 Å². The van der Waals surface area contributed by atoms with Gasteiger partial charge in [0.1, 0.15) is 6.29 Å². The molecule has 13 heavy (non-hydrogen) atoms. The van der Waals surface area contributed by atoms with Crippen molar-refractivity contribution in [1.29, 1.82) is 0 Å². The third-order valence-electron chi connectivity index (χ3n) is 2.27. The van der Waals surface area contributed by atoms with E-state index in [4.69, 9.17) is 0 Å². The lowest BCUT2D eigenvalue weighted by molar-refractivity contribution is -0.108. The van der Waals surface area contributed by atoms with Gasteiger partial charge < -0.3 is 9.69 Å². The van der Waals surface area contributed by atoms with E-state index in [1.807, 2.05) is 0 Å². The number of aldehydes is 1. The number of rotatable bonds is 2. The first-order valence-electron chi connectivity index (χ1n) is 5.36. The molecule has 0 N–H and O–H groups in total. The number of hydrogen-bond donors (Lipinski definition) is 0. The number of piperidine rings is 1. The fourth-order valence-corrected chi connectivity index (χ4v) is 1.43. The van der Waals surface area contributed by atoms with Crippen LogP contribution in [-0.2, 0) is 4.79 Å². The van der Waals surface area contributed by atoms with E-state index in [1.165, 1.54) is 32.4 Å². The summed E-state index contributed by atoms with van der Waals surface area (Å²) in [5, 5.41) is 0. The summed E-state index contributed by atoms with van der Waals surface area (Å²) >= 11 is 0. The minimum absolute atomic E-state index is 0.675. The molecule has 0 spiro atoms. The molecule has 0 atom stereocenters. The highest BCUT2D eigenvalue weighted by molar-refractivity contribution is 5.49. The van der Waals surface area contributed by atoms with Gasteiger partial charge >= 0.3 is 0 Å². The van der Waals surface area contributed by atoms with Crippen LogP contribution in [0.4, 0.5) is 0 Å². The Bertz CT molecular complexity index is 117. The molecule has 1 rings (SSSR count). The Kier molecular flexibility index (Phi) is 8.00. The largest absolute Gasteiger partial charge is 0.306 e. The smallest absolute Gasteiger partial charge is 0.120 e. The minimum Gasteiger partial charge on any atom is -0.306 e. The molecule has 1 heterocycles. The quantitative estimate of drug-likeness (QED) is 0.615. The van der Waals surface area contributed by atoms with Gasteiger partial charge in [-0.05, 0) is 38.9 Å². The van der Waals surface area contributed by atoms with Crippen LogP contribution < -0.4 is 0 Å². The number of nitrogens with zero attached hydrogens (tertiary/aromatic N) is 1. The average Bonchev–Trinajstić information content (AvgIpc) is 2.11. The Labute approximate surface area is 82.3 Å². The standard InChI is InChI=1S/C8H15NO.C3H8/c1-9-5-2-8(3-6-9)4-7-10;1-3-2/h7-8H,2-6H2,1H3;3H2,1-2H3. The zero-order valence-electron chi connectivity index (χ0n) is 9.25. The van der Waals surface area contributed by atoms with Gasteiger partial charge in [0.05, 0.1) is 0 Å². The fraction of sp³-hybridized carbons (Fsp3) is 0.909. The van der Waals surface area contributed by atoms with Crippen molar-refractivity contribution < 1.29 is 4.79 Å². The Hall–Kier alpha value is -0.370. The molecule has 2 nitrogen and oxygen atoms in total. The summed E-state index contributed by atoms with van der Waals surface area (Å²) in [4.78, 5) is 12.5. The summed E-state index contributed by atoms with van der Waals surface area (Å²) in [5.74, 6) is 0.675. The zero-order valence-corrected chi connectivity index (χ0v) is 9.25. The van der Waals surface area contributed by atoms with Gasteiger partial charge in [0.2, 0.25) is 0 Å². The summed E-state index contributed by atoms with van der Waals surface area (Å²) in [7, 11) is 2.14. The van der Waals surface area contributed by atoms with Crippen molar-refractivity contribution in [3.63, 3.8) is 0 Å². The number of likely N-dealkylation sites (tertiary alicyclic amines) is 1. The summed E-state index contributed by atoms with van der Waals surface area (Å²) in [6, 6.07) is 0. The molecular formula is C11H23NO. The molecule has 0 amide bonds. The normalized spacial score (nSPS) is 19.0. The molecule has 0 saturated carbocycles. The van der Waals surface area contributed by atoms with Gasteiger partial charge in [-0.3, -0.25) is 0 Å². The van der Waals surface area contributed by atoms with Crippen molar-refractivity contribution in [2.75, 3.05) is 20.1 Å². The lowest BCUT2D eigenvalue weighted by Crippen LogP contribution is -2.30. The number of hydrogen-bond acceptors (Lipinski definition) is 2. The second-order valence-corrected chi connectivity index (χ2v) is 3.86. The van der Waals surface area contributed by atoms with Crippen molar-refractivity contribution in [3.05, 3.63) is 0 Å². The third-order valence-corrected chi connectivity index (χ3v) is 2.27. The Balaban J connectivity index is 0.000000424. The van der Waals surface area contributed by atoms with Crippen molar-refractivity contribution in [3.8, 4) is 0 Å². The van der Waals surface area contributed by atoms with Crippen LogP contribution in [0.1, 0.15) is 39.5 Å². The van der Waals surface area contributed by atoms with Crippen LogP contribution in [0.5, 0.6) is 0 Å². The third kappa shape index (κ3) is 6.76. The molecule has 0 bridgehead atoms. The van der Waals surface area contributed by atoms with Gasteiger partial charge in [0, 0.05) is 6.42 Å². The molecule has 0 aromatic rings.